The first kappa shape index (κ1) is 11.0. The van der Waals surface area contributed by atoms with Crippen LogP contribution >= 0.6 is 0 Å². The summed E-state index contributed by atoms with van der Waals surface area (Å²) in [5.41, 5.74) is 5.54. The first-order chi connectivity index (χ1) is 6.77. The summed E-state index contributed by atoms with van der Waals surface area (Å²) in [6.45, 7) is 2.50. The van der Waals surface area contributed by atoms with E-state index in [4.69, 9.17) is 10.2 Å². The second-order valence-electron chi connectivity index (χ2n) is 3.44. The van der Waals surface area contributed by atoms with Crippen molar-refractivity contribution in [1.82, 2.24) is 0 Å². The smallest absolute Gasteiger partial charge is 0.144 e. The number of carbonyl (C=O) groups excluding carboxylic acids is 1. The maximum atomic E-state index is 11.7. The SMILES string of the molecule is CCCC(CN)C(=O)Cc1ccco1. The van der Waals surface area contributed by atoms with Crippen LogP contribution in [0.2, 0.25) is 0 Å². The molecule has 0 radical (unpaired) electrons. The Balaban J connectivity index is 2.47. The molecule has 0 spiro atoms. The summed E-state index contributed by atoms with van der Waals surface area (Å²) >= 11 is 0. The first-order valence-corrected chi connectivity index (χ1v) is 5.03. The Morgan fingerprint density at radius 2 is 2.43 bits per heavy atom. The van der Waals surface area contributed by atoms with E-state index in [1.54, 1.807) is 12.3 Å². The molecule has 1 atom stereocenters. The summed E-state index contributed by atoms with van der Waals surface area (Å²) in [5.74, 6) is 0.902. The van der Waals surface area contributed by atoms with Gasteiger partial charge in [-0.1, -0.05) is 13.3 Å². The van der Waals surface area contributed by atoms with E-state index in [9.17, 15) is 4.79 Å². The summed E-state index contributed by atoms with van der Waals surface area (Å²) in [6, 6.07) is 3.61. The van der Waals surface area contributed by atoms with Gasteiger partial charge in [-0.15, -0.1) is 0 Å². The highest BCUT2D eigenvalue weighted by atomic mass is 16.3. The van der Waals surface area contributed by atoms with Crippen LogP contribution in [0.5, 0.6) is 0 Å². The molecule has 0 amide bonds. The molecule has 0 bridgehead atoms. The number of furan rings is 1. The highest BCUT2D eigenvalue weighted by Gasteiger charge is 2.16. The second kappa shape index (κ2) is 5.60. The molecule has 1 heterocycles. The van der Waals surface area contributed by atoms with Gasteiger partial charge in [0.2, 0.25) is 0 Å². The lowest BCUT2D eigenvalue weighted by molar-refractivity contribution is -0.122. The van der Waals surface area contributed by atoms with E-state index in [-0.39, 0.29) is 11.7 Å². The maximum absolute atomic E-state index is 11.7. The Hall–Kier alpha value is -1.09. The average Bonchev–Trinajstić information content (AvgIpc) is 2.66. The van der Waals surface area contributed by atoms with Gasteiger partial charge in [0, 0.05) is 12.5 Å². The van der Waals surface area contributed by atoms with Crippen LogP contribution in [0.25, 0.3) is 0 Å². The Labute approximate surface area is 84.3 Å². The molecule has 0 aliphatic rings. The number of nitrogens with two attached hydrogens (primary N) is 1. The number of carbonyl (C=O) groups is 1. The minimum Gasteiger partial charge on any atom is -0.469 e. The molecule has 1 aromatic heterocycles. The van der Waals surface area contributed by atoms with Gasteiger partial charge in [0.25, 0.3) is 0 Å². The predicted octanol–water partition coefficient (Wildman–Crippen LogP) is 1.77. The zero-order valence-electron chi connectivity index (χ0n) is 8.53. The van der Waals surface area contributed by atoms with Gasteiger partial charge in [-0.05, 0) is 18.6 Å². The standard InChI is InChI=1S/C11H17NO2/c1-2-4-9(8-12)11(13)7-10-5-3-6-14-10/h3,5-6,9H,2,4,7-8,12H2,1H3. The van der Waals surface area contributed by atoms with E-state index in [0.29, 0.717) is 13.0 Å². The molecule has 1 rings (SSSR count). The lowest BCUT2D eigenvalue weighted by atomic mass is 9.96. The summed E-state index contributed by atoms with van der Waals surface area (Å²) in [5, 5.41) is 0. The third-order valence-corrected chi connectivity index (χ3v) is 2.31. The van der Waals surface area contributed by atoms with Gasteiger partial charge >= 0.3 is 0 Å². The quantitative estimate of drug-likeness (QED) is 0.752. The average molecular weight is 195 g/mol. The van der Waals surface area contributed by atoms with Crippen molar-refractivity contribution in [2.45, 2.75) is 26.2 Å². The number of hydrogen-bond acceptors (Lipinski definition) is 3. The number of rotatable bonds is 6. The van der Waals surface area contributed by atoms with Gasteiger partial charge in [0.05, 0.1) is 12.7 Å². The van der Waals surface area contributed by atoms with Crippen molar-refractivity contribution < 1.29 is 9.21 Å². The topological polar surface area (TPSA) is 56.2 Å². The molecule has 0 aromatic carbocycles. The molecule has 1 unspecified atom stereocenters. The lowest BCUT2D eigenvalue weighted by Gasteiger charge is -2.10. The van der Waals surface area contributed by atoms with E-state index in [1.165, 1.54) is 0 Å². The van der Waals surface area contributed by atoms with E-state index < -0.39 is 0 Å². The molecule has 0 fully saturated rings. The number of ketones is 1. The summed E-state index contributed by atoms with van der Waals surface area (Å²) in [4.78, 5) is 11.7. The van der Waals surface area contributed by atoms with E-state index in [0.717, 1.165) is 18.6 Å². The summed E-state index contributed by atoms with van der Waals surface area (Å²) in [7, 11) is 0. The largest absolute Gasteiger partial charge is 0.469 e. The molecule has 0 saturated carbocycles. The van der Waals surface area contributed by atoms with Crippen LogP contribution in [0.1, 0.15) is 25.5 Å². The first-order valence-electron chi connectivity index (χ1n) is 5.03. The van der Waals surface area contributed by atoms with E-state index in [2.05, 4.69) is 6.92 Å². The van der Waals surface area contributed by atoms with Gasteiger partial charge in [0.15, 0.2) is 0 Å². The summed E-state index contributed by atoms with van der Waals surface area (Å²) in [6.07, 6.45) is 3.82. The van der Waals surface area contributed by atoms with Crippen LogP contribution in [0, 0.1) is 5.92 Å². The molecule has 0 saturated heterocycles. The van der Waals surface area contributed by atoms with Gasteiger partial charge < -0.3 is 10.2 Å². The fourth-order valence-corrected chi connectivity index (χ4v) is 1.49. The van der Waals surface area contributed by atoms with E-state index >= 15 is 0 Å². The Morgan fingerprint density at radius 3 is 2.93 bits per heavy atom. The Bertz CT molecular complexity index is 267. The molecule has 78 valence electrons. The van der Waals surface area contributed by atoms with Gasteiger partial charge in [-0.3, -0.25) is 4.79 Å². The molecular weight excluding hydrogens is 178 g/mol. The normalized spacial score (nSPS) is 12.7. The molecule has 0 aliphatic carbocycles. The highest BCUT2D eigenvalue weighted by Crippen LogP contribution is 2.10. The van der Waals surface area contributed by atoms with Crippen LogP contribution in [-0.2, 0) is 11.2 Å². The monoisotopic (exact) mass is 195 g/mol. The third-order valence-electron chi connectivity index (χ3n) is 2.31. The molecule has 0 aliphatic heterocycles. The van der Waals surface area contributed by atoms with Crippen molar-refractivity contribution in [2.75, 3.05) is 6.54 Å². The van der Waals surface area contributed by atoms with Crippen molar-refractivity contribution in [3.8, 4) is 0 Å². The minimum absolute atomic E-state index is 0.00917. The second-order valence-corrected chi connectivity index (χ2v) is 3.44. The molecule has 3 heteroatoms. The fraction of sp³-hybridized carbons (Fsp3) is 0.545. The fourth-order valence-electron chi connectivity index (χ4n) is 1.49. The lowest BCUT2D eigenvalue weighted by Crippen LogP contribution is -2.24. The van der Waals surface area contributed by atoms with E-state index in [1.807, 2.05) is 6.07 Å². The molecule has 14 heavy (non-hydrogen) atoms. The summed E-state index contributed by atoms with van der Waals surface area (Å²) < 4.78 is 5.12. The zero-order chi connectivity index (χ0) is 10.4. The highest BCUT2D eigenvalue weighted by molar-refractivity contribution is 5.82. The van der Waals surface area contributed by atoms with Crippen LogP contribution < -0.4 is 5.73 Å². The molecule has 3 nitrogen and oxygen atoms in total. The van der Waals surface area contributed by atoms with Crippen molar-refractivity contribution in [2.24, 2.45) is 11.7 Å². The van der Waals surface area contributed by atoms with Crippen molar-refractivity contribution >= 4 is 5.78 Å². The minimum atomic E-state index is -0.00917. The zero-order valence-corrected chi connectivity index (χ0v) is 8.53. The van der Waals surface area contributed by atoms with Crippen LogP contribution in [0.3, 0.4) is 0 Å². The van der Waals surface area contributed by atoms with Crippen molar-refractivity contribution in [1.29, 1.82) is 0 Å². The number of Topliss-reactive ketones (excluding diaryl/α,β-unsaturated/α-hetero) is 1. The van der Waals surface area contributed by atoms with Crippen molar-refractivity contribution in [3.05, 3.63) is 24.2 Å². The van der Waals surface area contributed by atoms with Gasteiger partial charge in [-0.25, -0.2) is 0 Å². The number of hydrogen-bond donors (Lipinski definition) is 1. The van der Waals surface area contributed by atoms with Gasteiger partial charge in [0.1, 0.15) is 11.5 Å². The Morgan fingerprint density at radius 1 is 1.64 bits per heavy atom. The van der Waals surface area contributed by atoms with Gasteiger partial charge in [-0.2, -0.15) is 0 Å². The van der Waals surface area contributed by atoms with Crippen LogP contribution in [0.15, 0.2) is 22.8 Å². The molecular formula is C11H17NO2. The maximum Gasteiger partial charge on any atom is 0.144 e. The molecule has 1 aromatic rings. The third kappa shape index (κ3) is 3.00. The predicted molar refractivity (Wildman–Crippen MR) is 54.9 cm³/mol. The Kier molecular flexibility index (Phi) is 4.40. The van der Waals surface area contributed by atoms with Crippen LogP contribution in [0.4, 0.5) is 0 Å². The van der Waals surface area contributed by atoms with Crippen LogP contribution in [-0.4, -0.2) is 12.3 Å². The molecule has 2 N–H and O–H groups in total. The van der Waals surface area contributed by atoms with Crippen molar-refractivity contribution in [3.63, 3.8) is 0 Å².